The van der Waals surface area contributed by atoms with Crippen molar-refractivity contribution in [1.82, 2.24) is 10.0 Å². The Morgan fingerprint density at radius 3 is 2.37 bits per heavy atom. The smallest absolute Gasteiger partial charge is 0.262 e. The van der Waals surface area contributed by atoms with Crippen LogP contribution in [0.1, 0.15) is 26.8 Å². The first kappa shape index (κ1) is 21.7. The van der Waals surface area contributed by atoms with Gasteiger partial charge in [0.05, 0.1) is 9.77 Å². The Morgan fingerprint density at radius 1 is 1.00 bits per heavy atom. The summed E-state index contributed by atoms with van der Waals surface area (Å²) in [4.78, 5) is 26.2. The number of carbonyl (C=O) groups is 2. The number of anilines is 1. The van der Waals surface area contributed by atoms with E-state index in [-0.39, 0.29) is 10.8 Å². The van der Waals surface area contributed by atoms with Gasteiger partial charge in [-0.05, 0) is 48.7 Å². The van der Waals surface area contributed by atoms with Gasteiger partial charge in [-0.15, -0.1) is 11.3 Å². The molecule has 1 heterocycles. The lowest BCUT2D eigenvalue weighted by molar-refractivity contribution is -0.118. The van der Waals surface area contributed by atoms with Crippen LogP contribution >= 0.6 is 11.3 Å². The van der Waals surface area contributed by atoms with E-state index in [9.17, 15) is 18.0 Å². The molecule has 2 amide bonds. The number of rotatable bonds is 7. The highest BCUT2D eigenvalue weighted by atomic mass is 32.2. The van der Waals surface area contributed by atoms with Crippen molar-refractivity contribution in [2.24, 2.45) is 0 Å². The maximum Gasteiger partial charge on any atom is 0.262 e. The number of nitrogens with one attached hydrogen (secondary N) is 3. The number of thiophene rings is 1. The Bertz CT molecular complexity index is 1140. The number of carbonyl (C=O) groups excluding carboxylic acids is 2. The largest absolute Gasteiger partial charge is 0.336 e. The van der Waals surface area contributed by atoms with Crippen LogP contribution in [0.25, 0.3) is 0 Å². The lowest BCUT2D eigenvalue weighted by Gasteiger charge is -2.19. The van der Waals surface area contributed by atoms with Gasteiger partial charge in [-0.1, -0.05) is 42.5 Å². The molecule has 0 fully saturated rings. The number of amides is 2. The fourth-order valence-electron chi connectivity index (χ4n) is 2.85. The van der Waals surface area contributed by atoms with Crippen LogP contribution in [0.3, 0.4) is 0 Å². The molecule has 0 aliphatic carbocycles. The van der Waals surface area contributed by atoms with Crippen LogP contribution in [-0.2, 0) is 14.8 Å². The zero-order valence-electron chi connectivity index (χ0n) is 16.4. The number of hydrogen-bond donors (Lipinski definition) is 3. The van der Waals surface area contributed by atoms with Crippen molar-refractivity contribution in [2.75, 3.05) is 12.4 Å². The predicted molar refractivity (Wildman–Crippen MR) is 117 cm³/mol. The van der Waals surface area contributed by atoms with Gasteiger partial charge in [0.2, 0.25) is 10.0 Å². The Morgan fingerprint density at radius 2 is 1.73 bits per heavy atom. The van der Waals surface area contributed by atoms with Gasteiger partial charge in [0, 0.05) is 5.69 Å². The fraction of sp³-hybridized carbons (Fsp3) is 0.143. The summed E-state index contributed by atoms with van der Waals surface area (Å²) in [6, 6.07) is 15.9. The second-order valence-electron chi connectivity index (χ2n) is 6.47. The van der Waals surface area contributed by atoms with Crippen molar-refractivity contribution in [3.05, 3.63) is 82.0 Å². The van der Waals surface area contributed by atoms with E-state index in [2.05, 4.69) is 15.4 Å². The highest BCUT2D eigenvalue weighted by Gasteiger charge is 2.24. The molecule has 0 aliphatic heterocycles. The molecule has 9 heteroatoms. The summed E-state index contributed by atoms with van der Waals surface area (Å²) in [5.41, 5.74) is 1.47. The molecule has 0 spiro atoms. The first-order valence-corrected chi connectivity index (χ1v) is 11.4. The van der Waals surface area contributed by atoms with Gasteiger partial charge < -0.3 is 10.6 Å². The number of benzene rings is 2. The monoisotopic (exact) mass is 443 g/mol. The lowest BCUT2D eigenvalue weighted by Crippen LogP contribution is -2.36. The van der Waals surface area contributed by atoms with Crippen molar-refractivity contribution in [2.45, 2.75) is 17.9 Å². The van der Waals surface area contributed by atoms with E-state index in [1.54, 1.807) is 60.8 Å². The van der Waals surface area contributed by atoms with E-state index in [0.29, 0.717) is 21.7 Å². The predicted octanol–water partition coefficient (Wildman–Crippen LogP) is 3.07. The highest BCUT2D eigenvalue weighted by molar-refractivity contribution is 7.89. The maximum absolute atomic E-state index is 13.0. The molecule has 0 saturated heterocycles. The topological polar surface area (TPSA) is 104 Å². The number of hydrogen-bond acceptors (Lipinski definition) is 5. The molecule has 0 saturated carbocycles. The molecule has 0 unspecified atom stereocenters. The van der Waals surface area contributed by atoms with Crippen LogP contribution in [0.2, 0.25) is 0 Å². The SMILES string of the molecule is CNS(=O)(=O)c1cc(NC(=O)[C@@H](NC(=O)c2cccs2)c2ccccc2)ccc1C. The summed E-state index contributed by atoms with van der Waals surface area (Å²) in [7, 11) is -2.35. The molecule has 2 aromatic carbocycles. The fourth-order valence-corrected chi connectivity index (χ4v) is 4.47. The third kappa shape index (κ3) is 4.93. The minimum atomic E-state index is -3.68. The molecule has 3 aromatic rings. The number of sulfonamides is 1. The molecular weight excluding hydrogens is 422 g/mol. The number of aryl methyl sites for hydroxylation is 1. The second-order valence-corrected chi connectivity index (χ2v) is 9.27. The molecule has 7 nitrogen and oxygen atoms in total. The Labute approximate surface area is 179 Å². The minimum absolute atomic E-state index is 0.0710. The maximum atomic E-state index is 13.0. The Kier molecular flexibility index (Phi) is 6.66. The molecule has 1 atom stereocenters. The summed E-state index contributed by atoms with van der Waals surface area (Å²) in [6.45, 7) is 1.67. The van der Waals surface area contributed by atoms with Gasteiger partial charge in [0.15, 0.2) is 0 Å². The molecule has 0 bridgehead atoms. The van der Waals surface area contributed by atoms with E-state index in [4.69, 9.17) is 0 Å². The molecule has 30 heavy (non-hydrogen) atoms. The van der Waals surface area contributed by atoms with Crippen LogP contribution in [0.5, 0.6) is 0 Å². The van der Waals surface area contributed by atoms with Crippen molar-refractivity contribution < 1.29 is 18.0 Å². The summed E-state index contributed by atoms with van der Waals surface area (Å²) in [5, 5.41) is 7.24. The van der Waals surface area contributed by atoms with Crippen molar-refractivity contribution in [1.29, 1.82) is 0 Å². The zero-order valence-corrected chi connectivity index (χ0v) is 18.0. The van der Waals surface area contributed by atoms with Crippen LogP contribution < -0.4 is 15.4 Å². The van der Waals surface area contributed by atoms with E-state index >= 15 is 0 Å². The average molecular weight is 444 g/mol. The van der Waals surface area contributed by atoms with Gasteiger partial charge in [0.1, 0.15) is 6.04 Å². The third-order valence-electron chi connectivity index (χ3n) is 4.43. The summed E-state index contributed by atoms with van der Waals surface area (Å²) in [5.74, 6) is -0.848. The van der Waals surface area contributed by atoms with Crippen molar-refractivity contribution in [3.8, 4) is 0 Å². The van der Waals surface area contributed by atoms with Gasteiger partial charge in [0.25, 0.3) is 11.8 Å². The summed E-state index contributed by atoms with van der Waals surface area (Å²) >= 11 is 1.28. The van der Waals surface area contributed by atoms with E-state index in [1.165, 1.54) is 24.5 Å². The molecule has 1 aromatic heterocycles. The summed E-state index contributed by atoms with van der Waals surface area (Å²) < 4.78 is 26.7. The van der Waals surface area contributed by atoms with E-state index in [1.807, 2.05) is 6.07 Å². The van der Waals surface area contributed by atoms with Gasteiger partial charge in [-0.3, -0.25) is 9.59 Å². The van der Waals surface area contributed by atoms with Gasteiger partial charge in [-0.25, -0.2) is 13.1 Å². The van der Waals surface area contributed by atoms with Crippen molar-refractivity contribution in [3.63, 3.8) is 0 Å². The van der Waals surface area contributed by atoms with E-state index in [0.717, 1.165) is 0 Å². The highest BCUT2D eigenvalue weighted by Crippen LogP contribution is 2.22. The van der Waals surface area contributed by atoms with Gasteiger partial charge in [-0.2, -0.15) is 0 Å². The van der Waals surface area contributed by atoms with E-state index < -0.39 is 22.0 Å². The molecule has 0 aliphatic rings. The first-order chi connectivity index (χ1) is 14.3. The van der Waals surface area contributed by atoms with Crippen molar-refractivity contribution >= 4 is 38.9 Å². The standard InChI is InChI=1S/C21H21N3O4S2/c1-14-10-11-16(13-18(14)30(27,28)22-2)23-21(26)19(15-7-4-3-5-8-15)24-20(25)17-9-6-12-29-17/h3-13,19,22H,1-2H3,(H,23,26)(H,24,25)/t19-/m0/s1. The van der Waals surface area contributed by atoms with Crippen LogP contribution in [-0.4, -0.2) is 27.3 Å². The van der Waals surface area contributed by atoms with Crippen LogP contribution in [0, 0.1) is 6.92 Å². The molecule has 156 valence electrons. The molecule has 3 N–H and O–H groups in total. The molecule has 0 radical (unpaired) electrons. The minimum Gasteiger partial charge on any atom is -0.336 e. The van der Waals surface area contributed by atoms with Gasteiger partial charge >= 0.3 is 0 Å². The molecular formula is C21H21N3O4S2. The Balaban J connectivity index is 1.89. The third-order valence-corrected chi connectivity index (χ3v) is 6.85. The molecule has 3 rings (SSSR count). The second kappa shape index (κ2) is 9.21. The van der Waals surface area contributed by atoms with Crippen LogP contribution in [0.4, 0.5) is 5.69 Å². The lowest BCUT2D eigenvalue weighted by atomic mass is 10.1. The average Bonchev–Trinajstić information content (AvgIpc) is 3.28. The Hall–Kier alpha value is -3.01. The normalized spacial score (nSPS) is 12.2. The summed E-state index contributed by atoms with van der Waals surface area (Å²) in [6.07, 6.45) is 0. The zero-order chi connectivity index (χ0) is 21.7. The quantitative estimate of drug-likeness (QED) is 0.522. The van der Waals surface area contributed by atoms with Crippen LogP contribution in [0.15, 0.2) is 70.9 Å². The first-order valence-electron chi connectivity index (χ1n) is 9.06.